The molecular formula is C14H12N4O3S2. The molecule has 0 atom stereocenters. The van der Waals surface area contributed by atoms with Crippen LogP contribution in [0.4, 0.5) is 0 Å². The number of thiophene rings is 2. The van der Waals surface area contributed by atoms with Crippen molar-refractivity contribution in [1.29, 1.82) is 0 Å². The summed E-state index contributed by atoms with van der Waals surface area (Å²) in [5.41, 5.74) is 0.845. The Bertz CT molecular complexity index is 823. The van der Waals surface area contributed by atoms with Crippen molar-refractivity contribution in [3.05, 3.63) is 38.7 Å². The third-order valence-electron chi connectivity index (χ3n) is 2.88. The quantitative estimate of drug-likeness (QED) is 0.501. The first-order valence-corrected chi connectivity index (χ1v) is 8.43. The highest BCUT2D eigenvalue weighted by Gasteiger charge is 2.14. The van der Waals surface area contributed by atoms with Crippen LogP contribution in [0.25, 0.3) is 11.4 Å². The van der Waals surface area contributed by atoms with E-state index in [0.717, 1.165) is 15.2 Å². The van der Waals surface area contributed by atoms with Gasteiger partial charge in [-0.25, -0.2) is 4.79 Å². The van der Waals surface area contributed by atoms with Gasteiger partial charge >= 0.3 is 5.97 Å². The molecule has 0 unspecified atom stereocenters. The number of hydrogen-bond donors (Lipinski definition) is 0. The lowest BCUT2D eigenvalue weighted by Crippen LogP contribution is -2.19. The molecule has 0 bridgehead atoms. The van der Waals surface area contributed by atoms with E-state index in [1.807, 2.05) is 29.8 Å². The topological polar surface area (TPSA) is 87.0 Å². The van der Waals surface area contributed by atoms with E-state index in [-0.39, 0.29) is 18.9 Å². The van der Waals surface area contributed by atoms with Crippen molar-refractivity contribution in [2.24, 2.45) is 0 Å². The number of ether oxygens (including phenoxy) is 1. The first-order valence-electron chi connectivity index (χ1n) is 6.67. The van der Waals surface area contributed by atoms with E-state index in [2.05, 4.69) is 15.4 Å². The molecule has 3 aromatic heterocycles. The standard InChI is InChI=1S/C14H12N4O3S2/c1-9-2-3-12(23-9)11(19)7-21-13(20)6-18-16-14(15-17-18)10-4-5-22-8-10/h2-5,8H,6-7H2,1H3. The van der Waals surface area contributed by atoms with Crippen molar-refractivity contribution in [3.8, 4) is 11.4 Å². The third kappa shape index (κ3) is 3.88. The molecule has 3 aromatic rings. The molecule has 0 aliphatic heterocycles. The van der Waals surface area contributed by atoms with Crippen LogP contribution in [0.2, 0.25) is 0 Å². The van der Waals surface area contributed by atoms with Gasteiger partial charge in [-0.15, -0.1) is 21.5 Å². The van der Waals surface area contributed by atoms with E-state index < -0.39 is 5.97 Å². The van der Waals surface area contributed by atoms with Crippen LogP contribution >= 0.6 is 22.7 Å². The predicted molar refractivity (Wildman–Crippen MR) is 85.5 cm³/mol. The number of esters is 1. The molecular weight excluding hydrogens is 336 g/mol. The molecule has 0 spiro atoms. The van der Waals surface area contributed by atoms with Crippen LogP contribution in [-0.2, 0) is 16.1 Å². The molecule has 9 heteroatoms. The maximum absolute atomic E-state index is 11.9. The molecule has 118 valence electrons. The van der Waals surface area contributed by atoms with E-state index in [0.29, 0.717) is 10.7 Å². The Kier molecular flexibility index (Phi) is 4.58. The summed E-state index contributed by atoms with van der Waals surface area (Å²) in [5.74, 6) is -0.355. The summed E-state index contributed by atoms with van der Waals surface area (Å²) < 4.78 is 4.96. The number of nitrogens with zero attached hydrogens (tertiary/aromatic N) is 4. The number of carbonyl (C=O) groups excluding carboxylic acids is 2. The van der Waals surface area contributed by atoms with Crippen molar-refractivity contribution >= 4 is 34.4 Å². The lowest BCUT2D eigenvalue weighted by atomic mass is 10.3. The number of rotatable bonds is 6. The van der Waals surface area contributed by atoms with Gasteiger partial charge in [0.1, 0.15) is 0 Å². The highest BCUT2D eigenvalue weighted by atomic mass is 32.1. The fourth-order valence-electron chi connectivity index (χ4n) is 1.78. The van der Waals surface area contributed by atoms with Gasteiger partial charge in [0, 0.05) is 15.8 Å². The van der Waals surface area contributed by atoms with Gasteiger partial charge in [0.25, 0.3) is 0 Å². The highest BCUT2D eigenvalue weighted by Crippen LogP contribution is 2.17. The zero-order valence-electron chi connectivity index (χ0n) is 12.1. The number of aryl methyl sites for hydroxylation is 1. The Morgan fingerprint density at radius 2 is 2.17 bits per heavy atom. The van der Waals surface area contributed by atoms with Crippen LogP contribution in [0.3, 0.4) is 0 Å². The Hall–Kier alpha value is -2.39. The summed E-state index contributed by atoms with van der Waals surface area (Å²) in [6.07, 6.45) is 0. The van der Waals surface area contributed by atoms with Crippen LogP contribution in [0.15, 0.2) is 29.0 Å². The normalized spacial score (nSPS) is 10.7. The molecule has 0 amide bonds. The maximum Gasteiger partial charge on any atom is 0.330 e. The van der Waals surface area contributed by atoms with Gasteiger partial charge in [-0.1, -0.05) is 0 Å². The minimum atomic E-state index is -0.583. The summed E-state index contributed by atoms with van der Waals surface area (Å²) in [6, 6.07) is 5.44. The second kappa shape index (κ2) is 6.80. The van der Waals surface area contributed by atoms with Crippen molar-refractivity contribution in [2.45, 2.75) is 13.5 Å². The molecule has 7 nitrogen and oxygen atoms in total. The fraction of sp³-hybridized carbons (Fsp3) is 0.214. The number of aromatic nitrogens is 4. The molecule has 0 fully saturated rings. The summed E-state index contributed by atoms with van der Waals surface area (Å²) >= 11 is 2.90. The lowest BCUT2D eigenvalue weighted by molar-refractivity contribution is -0.143. The lowest BCUT2D eigenvalue weighted by Gasteiger charge is -2.02. The van der Waals surface area contributed by atoms with Gasteiger partial charge in [0.2, 0.25) is 11.6 Å². The molecule has 0 radical (unpaired) electrons. The van der Waals surface area contributed by atoms with Crippen LogP contribution in [0.5, 0.6) is 0 Å². The molecule has 23 heavy (non-hydrogen) atoms. The number of ketones is 1. The summed E-state index contributed by atoms with van der Waals surface area (Å²) in [6.45, 7) is 1.44. The zero-order chi connectivity index (χ0) is 16.2. The van der Waals surface area contributed by atoms with E-state index in [1.165, 1.54) is 22.7 Å². The van der Waals surface area contributed by atoms with Crippen LogP contribution < -0.4 is 0 Å². The van der Waals surface area contributed by atoms with E-state index in [9.17, 15) is 9.59 Å². The van der Waals surface area contributed by atoms with Gasteiger partial charge in [-0.05, 0) is 35.7 Å². The van der Waals surface area contributed by atoms with E-state index in [4.69, 9.17) is 4.74 Å². The molecule has 0 saturated carbocycles. The van der Waals surface area contributed by atoms with E-state index >= 15 is 0 Å². The van der Waals surface area contributed by atoms with Gasteiger partial charge < -0.3 is 4.74 Å². The number of tetrazole rings is 1. The summed E-state index contributed by atoms with van der Waals surface area (Å²) in [4.78, 5) is 26.4. The van der Waals surface area contributed by atoms with Gasteiger partial charge in [0.15, 0.2) is 13.2 Å². The summed E-state index contributed by atoms with van der Waals surface area (Å²) in [5, 5.41) is 15.6. The van der Waals surface area contributed by atoms with Crippen molar-refractivity contribution < 1.29 is 14.3 Å². The Morgan fingerprint density at radius 1 is 1.30 bits per heavy atom. The van der Waals surface area contributed by atoms with Crippen molar-refractivity contribution in [3.63, 3.8) is 0 Å². The smallest absolute Gasteiger partial charge is 0.330 e. The van der Waals surface area contributed by atoms with Gasteiger partial charge in [0.05, 0.1) is 4.88 Å². The molecule has 3 heterocycles. The van der Waals surface area contributed by atoms with Crippen LogP contribution in [0, 0.1) is 6.92 Å². The molecule has 3 rings (SSSR count). The average Bonchev–Trinajstić information content (AvgIpc) is 3.25. The molecule has 0 N–H and O–H groups in total. The second-order valence-electron chi connectivity index (χ2n) is 4.65. The molecule has 0 saturated heterocycles. The van der Waals surface area contributed by atoms with Crippen LogP contribution in [-0.4, -0.2) is 38.6 Å². The number of Topliss-reactive ketones (excluding diaryl/α,β-unsaturated/α-hetero) is 1. The molecule has 0 aromatic carbocycles. The number of carbonyl (C=O) groups is 2. The van der Waals surface area contributed by atoms with Gasteiger partial charge in [-0.3, -0.25) is 4.79 Å². The fourth-order valence-corrected chi connectivity index (χ4v) is 3.21. The van der Waals surface area contributed by atoms with Gasteiger partial charge in [-0.2, -0.15) is 16.1 Å². The van der Waals surface area contributed by atoms with Crippen molar-refractivity contribution in [2.75, 3.05) is 6.61 Å². The first kappa shape index (κ1) is 15.5. The maximum atomic E-state index is 11.9. The second-order valence-corrected chi connectivity index (χ2v) is 6.72. The monoisotopic (exact) mass is 348 g/mol. The van der Waals surface area contributed by atoms with Crippen LogP contribution in [0.1, 0.15) is 14.5 Å². The zero-order valence-corrected chi connectivity index (χ0v) is 13.8. The largest absolute Gasteiger partial charge is 0.456 e. The predicted octanol–water partition coefficient (Wildman–Crippen LogP) is 2.20. The Labute approximate surface area is 139 Å². The highest BCUT2D eigenvalue weighted by molar-refractivity contribution is 7.14. The van der Waals surface area contributed by atoms with Crippen molar-refractivity contribution in [1.82, 2.24) is 20.2 Å². The minimum Gasteiger partial charge on any atom is -0.456 e. The summed E-state index contributed by atoms with van der Waals surface area (Å²) in [7, 11) is 0. The minimum absolute atomic E-state index is 0.187. The average molecular weight is 348 g/mol. The van der Waals surface area contributed by atoms with E-state index in [1.54, 1.807) is 6.07 Å². The number of hydrogen-bond acceptors (Lipinski definition) is 8. The third-order valence-corrected chi connectivity index (χ3v) is 4.61. The Morgan fingerprint density at radius 3 is 2.87 bits per heavy atom. The first-order chi connectivity index (χ1) is 11.1. The SMILES string of the molecule is Cc1ccc(C(=O)COC(=O)Cn2nnc(-c3ccsc3)n2)s1. The molecule has 0 aliphatic rings. The molecule has 0 aliphatic carbocycles. The Balaban J connectivity index is 1.52.